The lowest BCUT2D eigenvalue weighted by atomic mass is 10.0. The number of hydrogen-bond acceptors (Lipinski definition) is 4. The Bertz CT molecular complexity index is 1080. The molecule has 3 aromatic rings. The second-order valence-corrected chi connectivity index (χ2v) is 6.93. The van der Waals surface area contributed by atoms with Crippen molar-refractivity contribution in [2.24, 2.45) is 5.41 Å². The maximum Gasteiger partial charge on any atom is 0.240 e. The van der Waals surface area contributed by atoms with Crippen LogP contribution in [-0.4, -0.2) is 16.8 Å². The fourth-order valence-corrected chi connectivity index (χ4v) is 2.91. The van der Waals surface area contributed by atoms with Gasteiger partial charge < -0.3 is 15.4 Å². The van der Waals surface area contributed by atoms with Crippen molar-refractivity contribution < 1.29 is 23.1 Å². The Morgan fingerprint density at radius 3 is 2.07 bits per heavy atom. The predicted octanol–water partition coefficient (Wildman–Crippen LogP) is 4.51. The molecule has 0 aliphatic heterocycles. The van der Waals surface area contributed by atoms with Crippen molar-refractivity contribution in [1.29, 1.82) is 0 Å². The van der Waals surface area contributed by atoms with Crippen molar-refractivity contribution in [3.63, 3.8) is 0 Å². The number of hydrogen-bond donors (Lipinski definition) is 2. The molecule has 1 aliphatic carbocycles. The van der Waals surface area contributed by atoms with E-state index in [0.717, 1.165) is 6.07 Å². The number of nitrogens with zero attached hydrogens (tertiary/aromatic N) is 1. The Morgan fingerprint density at radius 2 is 1.47 bits per heavy atom. The van der Waals surface area contributed by atoms with E-state index in [-0.39, 0.29) is 11.4 Å². The smallest absolute Gasteiger partial charge is 0.240 e. The predicted molar refractivity (Wildman–Crippen MR) is 106 cm³/mol. The summed E-state index contributed by atoms with van der Waals surface area (Å²) in [7, 11) is 0. The lowest BCUT2D eigenvalue weighted by Crippen LogP contribution is -2.35. The van der Waals surface area contributed by atoms with Crippen molar-refractivity contribution in [2.45, 2.75) is 12.8 Å². The van der Waals surface area contributed by atoms with Crippen molar-refractivity contribution in [1.82, 2.24) is 4.98 Å². The van der Waals surface area contributed by atoms with Crippen LogP contribution in [0, 0.1) is 17.0 Å². The summed E-state index contributed by atoms with van der Waals surface area (Å²) >= 11 is 0. The minimum atomic E-state index is -1.23. The van der Waals surface area contributed by atoms with Gasteiger partial charge in [0.1, 0.15) is 17.0 Å². The van der Waals surface area contributed by atoms with Gasteiger partial charge in [-0.3, -0.25) is 14.6 Å². The number of benzene rings is 2. The molecule has 8 heteroatoms. The first-order valence-corrected chi connectivity index (χ1v) is 9.22. The lowest BCUT2D eigenvalue weighted by Gasteiger charge is -2.16. The highest BCUT2D eigenvalue weighted by Gasteiger charge is 2.56. The Hall–Kier alpha value is -3.81. The van der Waals surface area contributed by atoms with Crippen molar-refractivity contribution in [3.8, 4) is 11.5 Å². The largest absolute Gasteiger partial charge is 0.454 e. The first kappa shape index (κ1) is 19.5. The Kier molecular flexibility index (Phi) is 5.14. The third-order valence-corrected chi connectivity index (χ3v) is 4.79. The first-order valence-electron chi connectivity index (χ1n) is 9.22. The van der Waals surface area contributed by atoms with Crippen LogP contribution >= 0.6 is 0 Å². The van der Waals surface area contributed by atoms with E-state index in [4.69, 9.17) is 4.74 Å². The van der Waals surface area contributed by atoms with Gasteiger partial charge in [-0.1, -0.05) is 0 Å². The van der Waals surface area contributed by atoms with Crippen LogP contribution < -0.4 is 15.4 Å². The number of nitrogens with one attached hydrogen (secondary N) is 2. The van der Waals surface area contributed by atoms with Gasteiger partial charge in [-0.25, -0.2) is 8.78 Å². The van der Waals surface area contributed by atoms with Gasteiger partial charge in [0.15, 0.2) is 11.6 Å². The summed E-state index contributed by atoms with van der Waals surface area (Å²) in [6.07, 6.45) is 3.79. The molecule has 0 bridgehead atoms. The van der Waals surface area contributed by atoms with Crippen LogP contribution in [0.25, 0.3) is 0 Å². The number of ether oxygens (including phenoxy) is 1. The van der Waals surface area contributed by atoms with Crippen LogP contribution in [0.2, 0.25) is 0 Å². The zero-order valence-electron chi connectivity index (χ0n) is 15.7. The molecule has 0 spiro atoms. The molecule has 2 amide bonds. The van der Waals surface area contributed by atoms with Crippen LogP contribution in [-0.2, 0) is 9.59 Å². The van der Waals surface area contributed by atoms with Crippen LogP contribution in [0.15, 0.2) is 67.0 Å². The standard InChI is InChI=1S/C22H17F2N3O3/c23-14-1-3-15(4-2-14)26-20(28)22(9-10-22)21(29)27-16-5-6-19(18(24)13-16)30-17-7-11-25-12-8-17/h1-8,11-13H,9-10H2,(H,26,28)(H,27,29). The summed E-state index contributed by atoms with van der Waals surface area (Å²) in [5, 5.41) is 5.21. The average Bonchev–Trinajstić information content (AvgIpc) is 3.55. The van der Waals surface area contributed by atoms with E-state index < -0.39 is 28.9 Å². The van der Waals surface area contributed by atoms with Crippen molar-refractivity contribution in [2.75, 3.05) is 10.6 Å². The van der Waals surface area contributed by atoms with Gasteiger partial charge in [0.25, 0.3) is 0 Å². The number of amides is 2. The number of anilines is 2. The third-order valence-electron chi connectivity index (χ3n) is 4.79. The van der Waals surface area contributed by atoms with Gasteiger partial charge >= 0.3 is 0 Å². The van der Waals surface area contributed by atoms with Gasteiger partial charge in [-0.15, -0.1) is 0 Å². The zero-order valence-corrected chi connectivity index (χ0v) is 15.7. The normalized spacial score (nSPS) is 13.9. The van der Waals surface area contributed by atoms with Crippen LogP contribution in [0.5, 0.6) is 11.5 Å². The first-order chi connectivity index (χ1) is 14.5. The Morgan fingerprint density at radius 1 is 0.867 bits per heavy atom. The number of carbonyl (C=O) groups is 2. The van der Waals surface area contributed by atoms with Gasteiger partial charge in [-0.05, 0) is 61.4 Å². The fraction of sp³-hybridized carbons (Fsp3) is 0.136. The fourth-order valence-electron chi connectivity index (χ4n) is 2.91. The molecule has 30 heavy (non-hydrogen) atoms. The molecule has 0 unspecified atom stereocenters. The number of aromatic nitrogens is 1. The summed E-state index contributed by atoms with van der Waals surface area (Å²) in [4.78, 5) is 29.1. The highest BCUT2D eigenvalue weighted by molar-refractivity contribution is 6.16. The molecular weight excluding hydrogens is 392 g/mol. The molecule has 1 heterocycles. The number of carbonyl (C=O) groups excluding carboxylic acids is 2. The molecule has 2 aromatic carbocycles. The van der Waals surface area contributed by atoms with E-state index in [0.29, 0.717) is 24.3 Å². The molecule has 4 rings (SSSR count). The summed E-state index contributed by atoms with van der Waals surface area (Å²) in [6, 6.07) is 12.5. The zero-order chi connectivity index (χ0) is 21.1. The minimum Gasteiger partial charge on any atom is -0.454 e. The van der Waals surface area contributed by atoms with Gasteiger partial charge in [-0.2, -0.15) is 0 Å². The van der Waals surface area contributed by atoms with E-state index in [9.17, 15) is 18.4 Å². The number of halogens is 2. The minimum absolute atomic E-state index is 0.00520. The quantitative estimate of drug-likeness (QED) is 0.587. The monoisotopic (exact) mass is 409 g/mol. The highest BCUT2D eigenvalue weighted by Crippen LogP contribution is 2.47. The number of rotatable bonds is 6. The van der Waals surface area contributed by atoms with Crippen molar-refractivity contribution >= 4 is 23.2 Å². The molecule has 0 atom stereocenters. The summed E-state index contributed by atoms with van der Waals surface area (Å²) < 4.78 is 32.8. The maximum atomic E-state index is 14.4. The summed E-state index contributed by atoms with van der Waals surface area (Å²) in [5.74, 6) is -1.67. The van der Waals surface area contributed by atoms with Crippen molar-refractivity contribution in [3.05, 3.63) is 78.6 Å². The van der Waals surface area contributed by atoms with E-state index in [2.05, 4.69) is 15.6 Å². The molecule has 0 saturated heterocycles. The molecule has 152 valence electrons. The molecule has 1 aliphatic rings. The molecule has 6 nitrogen and oxygen atoms in total. The maximum absolute atomic E-state index is 14.4. The van der Waals surface area contributed by atoms with Gasteiger partial charge in [0.05, 0.1) is 0 Å². The van der Waals surface area contributed by atoms with E-state index in [1.807, 2.05) is 0 Å². The molecule has 2 N–H and O–H groups in total. The number of pyridine rings is 1. The van der Waals surface area contributed by atoms with Crippen LogP contribution in [0.4, 0.5) is 20.2 Å². The second-order valence-electron chi connectivity index (χ2n) is 6.93. The molecular formula is C22H17F2N3O3. The summed E-state index contributed by atoms with van der Waals surface area (Å²) in [5.41, 5.74) is -0.624. The molecule has 1 aromatic heterocycles. The molecule has 1 saturated carbocycles. The van der Waals surface area contributed by atoms with E-state index in [1.165, 1.54) is 48.8 Å². The van der Waals surface area contributed by atoms with Crippen LogP contribution in [0.3, 0.4) is 0 Å². The third kappa shape index (κ3) is 4.12. The van der Waals surface area contributed by atoms with Crippen LogP contribution in [0.1, 0.15) is 12.8 Å². The molecule has 1 fully saturated rings. The topological polar surface area (TPSA) is 80.3 Å². The van der Waals surface area contributed by atoms with Gasteiger partial charge in [0, 0.05) is 29.8 Å². The second kappa shape index (κ2) is 7.90. The highest BCUT2D eigenvalue weighted by atomic mass is 19.1. The van der Waals surface area contributed by atoms with Gasteiger partial charge in [0.2, 0.25) is 11.8 Å². The Labute approximate surface area is 170 Å². The van der Waals surface area contributed by atoms with E-state index >= 15 is 0 Å². The Balaban J connectivity index is 1.42. The molecule has 0 radical (unpaired) electrons. The summed E-state index contributed by atoms with van der Waals surface area (Å²) in [6.45, 7) is 0. The average molecular weight is 409 g/mol. The SMILES string of the molecule is O=C(Nc1ccc(F)cc1)C1(C(=O)Nc2ccc(Oc3ccncc3)c(F)c2)CC1. The van der Waals surface area contributed by atoms with E-state index in [1.54, 1.807) is 12.1 Å². The lowest BCUT2D eigenvalue weighted by molar-refractivity contribution is -0.131.